The van der Waals surface area contributed by atoms with Gasteiger partial charge in [-0.1, -0.05) is 13.2 Å². The minimum Gasteiger partial charge on any atom is -0.457 e. The maximum Gasteiger partial charge on any atom is 0.334 e. The minimum absolute atomic E-state index is 0.204. The van der Waals surface area contributed by atoms with Crippen LogP contribution in [0.4, 0.5) is 0 Å². The monoisotopic (exact) mass is 213 g/mol. The third-order valence-electron chi connectivity index (χ3n) is 1.33. The molecule has 0 aromatic heterocycles. The molecule has 0 rings (SSSR count). The highest BCUT2D eigenvalue weighted by molar-refractivity contribution is 5.87. The van der Waals surface area contributed by atoms with E-state index in [0.717, 1.165) is 0 Å². The molecule has 1 unspecified atom stereocenters. The average Bonchev–Trinajstić information content (AvgIpc) is 2.13. The van der Waals surface area contributed by atoms with E-state index < -0.39 is 18.2 Å². The molecule has 0 fully saturated rings. The van der Waals surface area contributed by atoms with E-state index >= 15 is 0 Å². The quantitative estimate of drug-likeness (QED) is 0.409. The van der Waals surface area contributed by atoms with Gasteiger partial charge in [0.25, 0.3) is 0 Å². The van der Waals surface area contributed by atoms with E-state index in [1.807, 2.05) is 0 Å². The summed E-state index contributed by atoms with van der Waals surface area (Å²) in [7, 11) is 0. The van der Waals surface area contributed by atoms with Gasteiger partial charge in [-0.3, -0.25) is 5.73 Å². The van der Waals surface area contributed by atoms with Crippen molar-refractivity contribution in [2.45, 2.75) is 20.1 Å². The van der Waals surface area contributed by atoms with Crippen molar-refractivity contribution in [3.8, 4) is 0 Å². The molecule has 1 atom stereocenters. The number of hydrogen-bond acceptors (Lipinski definition) is 5. The smallest absolute Gasteiger partial charge is 0.334 e. The normalized spacial score (nSPS) is 11.4. The van der Waals surface area contributed by atoms with Crippen LogP contribution in [0, 0.1) is 0 Å². The van der Waals surface area contributed by atoms with E-state index in [1.165, 1.54) is 13.8 Å². The molecule has 0 radical (unpaired) electrons. The van der Waals surface area contributed by atoms with Crippen molar-refractivity contribution < 1.29 is 19.1 Å². The zero-order valence-electron chi connectivity index (χ0n) is 8.91. The van der Waals surface area contributed by atoms with Gasteiger partial charge in [-0.05, 0) is 13.8 Å². The summed E-state index contributed by atoms with van der Waals surface area (Å²) in [5.74, 6) is -1.19. The van der Waals surface area contributed by atoms with Crippen LogP contribution in [-0.2, 0) is 19.1 Å². The second-order valence-corrected chi connectivity index (χ2v) is 3.10. The molecule has 5 heteroatoms. The first-order valence-electron chi connectivity index (χ1n) is 4.29. The molecular weight excluding hydrogens is 198 g/mol. The van der Waals surface area contributed by atoms with Gasteiger partial charge < -0.3 is 9.47 Å². The summed E-state index contributed by atoms with van der Waals surface area (Å²) in [6.45, 7) is 9.56. The molecule has 0 spiro atoms. The molecule has 5 nitrogen and oxygen atoms in total. The highest BCUT2D eigenvalue weighted by atomic mass is 16.6. The van der Waals surface area contributed by atoms with Crippen LogP contribution < -0.4 is 5.73 Å². The number of esters is 2. The Morgan fingerprint density at radius 3 is 2.07 bits per heavy atom. The largest absolute Gasteiger partial charge is 0.457 e. The summed E-state index contributed by atoms with van der Waals surface area (Å²) < 4.78 is 9.35. The molecule has 0 aromatic rings. The molecule has 0 saturated carbocycles. The average molecular weight is 213 g/mol. The Labute approximate surface area is 88.5 Å². The molecule has 0 aliphatic carbocycles. The van der Waals surface area contributed by atoms with Crippen molar-refractivity contribution in [3.05, 3.63) is 24.3 Å². The van der Waals surface area contributed by atoms with Crippen LogP contribution in [0.5, 0.6) is 0 Å². The molecule has 0 saturated heterocycles. The third-order valence-corrected chi connectivity index (χ3v) is 1.33. The molecule has 0 bridgehead atoms. The number of nitrogens with two attached hydrogens (primary N) is 1. The Balaban J connectivity index is 3.90. The van der Waals surface area contributed by atoms with Crippen LogP contribution in [0.25, 0.3) is 0 Å². The first kappa shape index (κ1) is 13.4. The molecule has 0 aliphatic rings. The van der Waals surface area contributed by atoms with Gasteiger partial charge in [-0.2, -0.15) is 0 Å². The van der Waals surface area contributed by atoms with Crippen LogP contribution in [0.3, 0.4) is 0 Å². The fourth-order valence-electron chi connectivity index (χ4n) is 0.553. The summed E-state index contributed by atoms with van der Waals surface area (Å²) in [5, 5.41) is 0. The molecule has 84 valence electrons. The van der Waals surface area contributed by atoms with Crippen LogP contribution in [0.15, 0.2) is 24.3 Å². The molecule has 0 amide bonds. The van der Waals surface area contributed by atoms with Crippen molar-refractivity contribution in [1.82, 2.24) is 0 Å². The van der Waals surface area contributed by atoms with Gasteiger partial charge in [0.15, 0.2) is 6.23 Å². The second kappa shape index (κ2) is 5.98. The Kier molecular flexibility index (Phi) is 5.33. The molecule has 0 aliphatic heterocycles. The number of carbonyl (C=O) groups excluding carboxylic acids is 2. The van der Waals surface area contributed by atoms with Crippen molar-refractivity contribution in [1.29, 1.82) is 0 Å². The van der Waals surface area contributed by atoms with Gasteiger partial charge in [-0.15, -0.1) is 0 Å². The lowest BCUT2D eigenvalue weighted by Gasteiger charge is -2.13. The Morgan fingerprint density at radius 1 is 1.20 bits per heavy atom. The predicted molar refractivity (Wildman–Crippen MR) is 54.7 cm³/mol. The minimum atomic E-state index is -0.988. The van der Waals surface area contributed by atoms with Crippen molar-refractivity contribution in [2.24, 2.45) is 5.73 Å². The van der Waals surface area contributed by atoms with Gasteiger partial charge in [0.05, 0.1) is 0 Å². The topological polar surface area (TPSA) is 78.6 Å². The summed E-state index contributed by atoms with van der Waals surface area (Å²) in [5.41, 5.74) is 5.86. The number of hydrogen-bond donors (Lipinski definition) is 1. The number of ether oxygens (including phenoxy) is 2. The fraction of sp³-hybridized carbons (Fsp3) is 0.400. The third kappa shape index (κ3) is 5.64. The van der Waals surface area contributed by atoms with Gasteiger partial charge in [0.1, 0.15) is 6.61 Å². The highest BCUT2D eigenvalue weighted by Crippen LogP contribution is 1.97. The summed E-state index contributed by atoms with van der Waals surface area (Å²) >= 11 is 0. The first-order valence-corrected chi connectivity index (χ1v) is 4.29. The standard InChI is InChI=1S/C10H15NO4/c1-6(2)9(12)14-5-8(11)15-10(13)7(3)4/h8H,1,3,5,11H2,2,4H3. The fourth-order valence-corrected chi connectivity index (χ4v) is 0.553. The second-order valence-electron chi connectivity index (χ2n) is 3.10. The zero-order valence-corrected chi connectivity index (χ0v) is 8.91. The van der Waals surface area contributed by atoms with Crippen LogP contribution in [-0.4, -0.2) is 24.8 Å². The highest BCUT2D eigenvalue weighted by Gasteiger charge is 2.12. The van der Waals surface area contributed by atoms with Crippen molar-refractivity contribution in [2.75, 3.05) is 6.61 Å². The van der Waals surface area contributed by atoms with E-state index in [4.69, 9.17) is 5.73 Å². The SMILES string of the molecule is C=C(C)C(=O)OCC(N)OC(=O)C(=C)C. The zero-order chi connectivity index (χ0) is 12.0. The number of rotatable bonds is 5. The van der Waals surface area contributed by atoms with Gasteiger partial charge in [-0.25, -0.2) is 9.59 Å². The van der Waals surface area contributed by atoms with Crippen LogP contribution in [0.2, 0.25) is 0 Å². The van der Waals surface area contributed by atoms with Gasteiger partial charge in [0.2, 0.25) is 0 Å². The molecule has 15 heavy (non-hydrogen) atoms. The number of carbonyl (C=O) groups is 2. The van der Waals surface area contributed by atoms with Gasteiger partial charge >= 0.3 is 11.9 Å². The molecule has 2 N–H and O–H groups in total. The molecular formula is C10H15NO4. The van der Waals surface area contributed by atoms with E-state index in [-0.39, 0.29) is 17.8 Å². The Hall–Kier alpha value is -1.62. The first-order chi connectivity index (χ1) is 6.84. The lowest BCUT2D eigenvalue weighted by atomic mass is 10.3. The van der Waals surface area contributed by atoms with Crippen molar-refractivity contribution in [3.63, 3.8) is 0 Å². The summed E-state index contributed by atoms with van der Waals surface area (Å²) in [4.78, 5) is 21.9. The predicted octanol–water partition coefficient (Wildman–Crippen LogP) is 0.510. The van der Waals surface area contributed by atoms with Crippen LogP contribution in [0.1, 0.15) is 13.8 Å². The van der Waals surface area contributed by atoms with E-state index in [1.54, 1.807) is 0 Å². The maximum atomic E-state index is 11.0. The molecule has 0 heterocycles. The lowest BCUT2D eigenvalue weighted by molar-refractivity contribution is -0.153. The maximum absolute atomic E-state index is 11.0. The van der Waals surface area contributed by atoms with Gasteiger partial charge in [0, 0.05) is 11.1 Å². The summed E-state index contributed by atoms with van der Waals surface area (Å²) in [6.07, 6.45) is -0.988. The lowest BCUT2D eigenvalue weighted by Crippen LogP contribution is -2.33. The summed E-state index contributed by atoms with van der Waals surface area (Å²) in [6, 6.07) is 0. The van der Waals surface area contributed by atoms with E-state index in [9.17, 15) is 9.59 Å². The van der Waals surface area contributed by atoms with Crippen molar-refractivity contribution >= 4 is 11.9 Å². The van der Waals surface area contributed by atoms with E-state index in [2.05, 4.69) is 22.6 Å². The molecule has 0 aromatic carbocycles. The Morgan fingerprint density at radius 2 is 1.67 bits per heavy atom. The van der Waals surface area contributed by atoms with E-state index in [0.29, 0.717) is 0 Å². The van der Waals surface area contributed by atoms with Crippen LogP contribution >= 0.6 is 0 Å². The Bertz CT molecular complexity index is 296.